The van der Waals surface area contributed by atoms with Gasteiger partial charge < -0.3 is 14.3 Å². The summed E-state index contributed by atoms with van der Waals surface area (Å²) in [7, 11) is 1.56. The van der Waals surface area contributed by atoms with Gasteiger partial charge in [0.1, 0.15) is 17.2 Å². The third kappa shape index (κ3) is 4.65. The minimum absolute atomic E-state index is 0.324. The molecule has 0 fully saturated rings. The van der Waals surface area contributed by atoms with E-state index >= 15 is 0 Å². The van der Waals surface area contributed by atoms with Crippen molar-refractivity contribution in [1.29, 1.82) is 0 Å². The van der Waals surface area contributed by atoms with E-state index in [9.17, 15) is 9.59 Å². The van der Waals surface area contributed by atoms with Crippen LogP contribution in [0.5, 0.6) is 11.5 Å². The molecule has 154 valence electrons. The van der Waals surface area contributed by atoms with Gasteiger partial charge >= 0.3 is 11.9 Å². The van der Waals surface area contributed by atoms with Gasteiger partial charge in [-0.25, -0.2) is 9.59 Å². The first kappa shape index (κ1) is 20.4. The molecule has 0 spiro atoms. The molecule has 3 aromatic carbocycles. The summed E-state index contributed by atoms with van der Waals surface area (Å²) in [4.78, 5) is 29.3. The van der Waals surface area contributed by atoms with E-state index in [0.29, 0.717) is 38.9 Å². The molecule has 0 saturated carbocycles. The Balaban J connectivity index is 1.50. The summed E-state index contributed by atoms with van der Waals surface area (Å²) < 4.78 is 10.5. The number of halogens is 1. The molecule has 4 rings (SSSR count). The summed E-state index contributed by atoms with van der Waals surface area (Å²) >= 11 is 5.92. The molecule has 0 N–H and O–H groups in total. The maximum Gasteiger partial charge on any atom is 0.368 e. The highest BCUT2D eigenvalue weighted by atomic mass is 35.5. The molecule has 1 aliphatic rings. The number of benzene rings is 3. The first-order valence-electron chi connectivity index (χ1n) is 9.27. The van der Waals surface area contributed by atoms with Gasteiger partial charge in [-0.05, 0) is 60.2 Å². The fourth-order valence-corrected chi connectivity index (χ4v) is 3.04. The Morgan fingerprint density at radius 1 is 0.935 bits per heavy atom. The standard InChI is InChI=1S/C24H16ClNO5/c1-29-19-12-6-17(7-13-19)23(27)30-20-10-2-15(3-11-20)14-21-22(26-31-24(21)28)16-4-8-18(25)9-5-16/h2-14H,1H3/b21-14+. The minimum atomic E-state index is -0.542. The van der Waals surface area contributed by atoms with Crippen LogP contribution in [0.3, 0.4) is 0 Å². The van der Waals surface area contributed by atoms with Gasteiger partial charge in [-0.3, -0.25) is 0 Å². The van der Waals surface area contributed by atoms with Gasteiger partial charge in [-0.15, -0.1) is 0 Å². The SMILES string of the molecule is COc1ccc(C(=O)Oc2ccc(/C=C3/C(=O)ON=C3c3ccc(Cl)cc3)cc2)cc1. The number of oxime groups is 1. The number of carbonyl (C=O) groups is 2. The van der Waals surface area contributed by atoms with Crippen LogP contribution >= 0.6 is 11.6 Å². The van der Waals surface area contributed by atoms with Gasteiger partial charge in [0, 0.05) is 10.6 Å². The topological polar surface area (TPSA) is 74.2 Å². The largest absolute Gasteiger partial charge is 0.497 e. The second-order valence-electron chi connectivity index (χ2n) is 6.57. The van der Waals surface area contributed by atoms with Crippen molar-refractivity contribution in [1.82, 2.24) is 0 Å². The van der Waals surface area contributed by atoms with Crippen molar-refractivity contribution in [2.75, 3.05) is 7.11 Å². The zero-order valence-electron chi connectivity index (χ0n) is 16.4. The van der Waals surface area contributed by atoms with E-state index in [-0.39, 0.29) is 0 Å². The van der Waals surface area contributed by atoms with Crippen molar-refractivity contribution in [3.63, 3.8) is 0 Å². The third-order valence-corrected chi connectivity index (χ3v) is 4.79. The van der Waals surface area contributed by atoms with Crippen LogP contribution in [-0.4, -0.2) is 24.8 Å². The molecule has 1 aliphatic heterocycles. The first-order valence-corrected chi connectivity index (χ1v) is 9.65. The van der Waals surface area contributed by atoms with Crippen molar-refractivity contribution in [2.24, 2.45) is 5.16 Å². The third-order valence-electron chi connectivity index (χ3n) is 4.54. The van der Waals surface area contributed by atoms with Gasteiger partial charge in [0.05, 0.1) is 18.2 Å². The van der Waals surface area contributed by atoms with Gasteiger partial charge in [0.15, 0.2) is 0 Å². The number of esters is 1. The van der Waals surface area contributed by atoms with Crippen molar-refractivity contribution in [3.05, 3.63) is 100 Å². The van der Waals surface area contributed by atoms with E-state index in [0.717, 1.165) is 5.56 Å². The summed E-state index contributed by atoms with van der Waals surface area (Å²) in [6, 6.07) is 20.3. The predicted molar refractivity (Wildman–Crippen MR) is 116 cm³/mol. The lowest BCUT2D eigenvalue weighted by Gasteiger charge is -2.06. The van der Waals surface area contributed by atoms with Gasteiger partial charge in [0.2, 0.25) is 0 Å². The van der Waals surface area contributed by atoms with Crippen molar-refractivity contribution < 1.29 is 23.9 Å². The molecule has 0 saturated heterocycles. The van der Waals surface area contributed by atoms with Gasteiger partial charge in [0.25, 0.3) is 0 Å². The molecule has 7 heteroatoms. The maximum atomic E-state index is 12.3. The second-order valence-corrected chi connectivity index (χ2v) is 7.01. The molecular weight excluding hydrogens is 418 g/mol. The van der Waals surface area contributed by atoms with E-state index in [2.05, 4.69) is 5.16 Å². The van der Waals surface area contributed by atoms with Crippen molar-refractivity contribution in [3.8, 4) is 11.5 Å². The molecule has 0 atom stereocenters. The van der Waals surface area contributed by atoms with E-state index in [4.69, 9.17) is 25.9 Å². The highest BCUT2D eigenvalue weighted by molar-refractivity contribution is 6.32. The predicted octanol–water partition coefficient (Wildman–Crippen LogP) is 4.91. The molecule has 0 bridgehead atoms. The van der Waals surface area contributed by atoms with Crippen LogP contribution in [0.15, 0.2) is 83.5 Å². The Bertz CT molecular complexity index is 1180. The highest BCUT2D eigenvalue weighted by Crippen LogP contribution is 2.23. The average Bonchev–Trinajstić information content (AvgIpc) is 3.15. The zero-order valence-corrected chi connectivity index (χ0v) is 17.1. The number of methoxy groups -OCH3 is 1. The Morgan fingerprint density at radius 2 is 1.58 bits per heavy atom. The van der Waals surface area contributed by atoms with Crippen molar-refractivity contribution >= 4 is 35.3 Å². The second kappa shape index (κ2) is 8.85. The lowest BCUT2D eigenvalue weighted by Crippen LogP contribution is -2.08. The lowest BCUT2D eigenvalue weighted by atomic mass is 10.0. The summed E-state index contributed by atoms with van der Waals surface area (Å²) in [6.07, 6.45) is 1.66. The molecular formula is C24H16ClNO5. The van der Waals surface area contributed by atoms with Crippen LogP contribution in [0.4, 0.5) is 0 Å². The van der Waals surface area contributed by atoms with E-state index in [1.54, 1.807) is 86.0 Å². The molecule has 6 nitrogen and oxygen atoms in total. The molecule has 0 radical (unpaired) electrons. The molecule has 0 aromatic heterocycles. The Kier molecular flexibility index (Phi) is 5.82. The first-order chi connectivity index (χ1) is 15.0. The summed E-state index contributed by atoms with van der Waals surface area (Å²) in [5.41, 5.74) is 2.60. The van der Waals surface area contributed by atoms with Gasteiger partial charge in [-0.2, -0.15) is 0 Å². The maximum absolute atomic E-state index is 12.3. The summed E-state index contributed by atoms with van der Waals surface area (Å²) in [5, 5.41) is 4.46. The Hall–Kier alpha value is -3.90. The number of rotatable bonds is 5. The van der Waals surface area contributed by atoms with E-state index < -0.39 is 11.9 Å². The normalized spacial score (nSPS) is 14.2. The highest BCUT2D eigenvalue weighted by Gasteiger charge is 2.26. The molecule has 0 unspecified atom stereocenters. The number of hydrogen-bond acceptors (Lipinski definition) is 6. The summed E-state index contributed by atoms with van der Waals surface area (Å²) in [5.74, 6) is 0.00898. The lowest BCUT2D eigenvalue weighted by molar-refractivity contribution is -0.136. The quantitative estimate of drug-likeness (QED) is 0.247. The number of hydrogen-bond donors (Lipinski definition) is 0. The van der Waals surface area contributed by atoms with E-state index in [1.165, 1.54) is 0 Å². The number of ether oxygens (including phenoxy) is 2. The van der Waals surface area contributed by atoms with Gasteiger partial charge in [-0.1, -0.05) is 41.0 Å². The zero-order chi connectivity index (χ0) is 21.8. The van der Waals surface area contributed by atoms with Crippen LogP contribution in [0.25, 0.3) is 6.08 Å². The molecule has 31 heavy (non-hydrogen) atoms. The average molecular weight is 434 g/mol. The van der Waals surface area contributed by atoms with Crippen LogP contribution < -0.4 is 9.47 Å². The van der Waals surface area contributed by atoms with Crippen LogP contribution in [0.2, 0.25) is 5.02 Å². The number of nitrogens with zero attached hydrogens (tertiary/aromatic N) is 1. The number of carbonyl (C=O) groups excluding carboxylic acids is 2. The fraction of sp³-hybridized carbons (Fsp3) is 0.0417. The van der Waals surface area contributed by atoms with Crippen LogP contribution in [0.1, 0.15) is 21.5 Å². The smallest absolute Gasteiger partial charge is 0.368 e. The van der Waals surface area contributed by atoms with Crippen LogP contribution in [-0.2, 0) is 9.63 Å². The molecule has 0 amide bonds. The Morgan fingerprint density at radius 3 is 2.23 bits per heavy atom. The monoisotopic (exact) mass is 433 g/mol. The molecule has 3 aromatic rings. The van der Waals surface area contributed by atoms with E-state index in [1.807, 2.05) is 0 Å². The fourth-order valence-electron chi connectivity index (χ4n) is 2.92. The molecule has 1 heterocycles. The Labute approximate surface area is 183 Å². The van der Waals surface area contributed by atoms with Crippen LogP contribution in [0, 0.1) is 0 Å². The van der Waals surface area contributed by atoms with Crippen molar-refractivity contribution in [2.45, 2.75) is 0 Å². The molecule has 0 aliphatic carbocycles. The minimum Gasteiger partial charge on any atom is -0.497 e. The summed E-state index contributed by atoms with van der Waals surface area (Å²) in [6.45, 7) is 0.